The molecule has 0 aliphatic rings. The van der Waals surface area contributed by atoms with Crippen LogP contribution in [0.2, 0.25) is 0 Å². The Balaban J connectivity index is 2.93. The standard InChI is InChI=1S/C11H12BrNO2/c12-10-6-8(3-1-2-4-13)5-9(7-10)11(14)15/h1,3,5-7H,2,4,13H2,(H,14,15). The van der Waals surface area contributed by atoms with E-state index in [9.17, 15) is 4.79 Å². The van der Waals surface area contributed by atoms with Crippen molar-refractivity contribution < 1.29 is 9.90 Å². The highest BCUT2D eigenvalue weighted by Crippen LogP contribution is 2.17. The fourth-order valence-electron chi connectivity index (χ4n) is 1.15. The highest BCUT2D eigenvalue weighted by Gasteiger charge is 2.04. The summed E-state index contributed by atoms with van der Waals surface area (Å²) in [4.78, 5) is 10.8. The van der Waals surface area contributed by atoms with Gasteiger partial charge in [0.2, 0.25) is 0 Å². The molecule has 0 unspecified atom stereocenters. The van der Waals surface area contributed by atoms with E-state index >= 15 is 0 Å². The summed E-state index contributed by atoms with van der Waals surface area (Å²) in [6, 6.07) is 5.06. The third-order valence-electron chi connectivity index (χ3n) is 1.81. The summed E-state index contributed by atoms with van der Waals surface area (Å²) in [5.41, 5.74) is 6.48. The molecule has 0 saturated carbocycles. The second-order valence-electron chi connectivity index (χ2n) is 3.06. The monoisotopic (exact) mass is 269 g/mol. The van der Waals surface area contributed by atoms with Gasteiger partial charge in [-0.15, -0.1) is 0 Å². The summed E-state index contributed by atoms with van der Waals surface area (Å²) in [7, 11) is 0. The first-order chi connectivity index (χ1) is 7.13. The van der Waals surface area contributed by atoms with Gasteiger partial charge < -0.3 is 10.8 Å². The molecule has 4 heteroatoms. The number of nitrogens with two attached hydrogens (primary N) is 1. The number of rotatable bonds is 4. The average Bonchev–Trinajstić information content (AvgIpc) is 2.17. The van der Waals surface area contributed by atoms with Crippen LogP contribution in [-0.4, -0.2) is 17.6 Å². The highest BCUT2D eigenvalue weighted by molar-refractivity contribution is 9.10. The fourth-order valence-corrected chi connectivity index (χ4v) is 1.66. The van der Waals surface area contributed by atoms with Crippen molar-refractivity contribution in [1.29, 1.82) is 0 Å². The van der Waals surface area contributed by atoms with E-state index in [1.807, 2.05) is 18.2 Å². The van der Waals surface area contributed by atoms with Crippen LogP contribution in [0.4, 0.5) is 0 Å². The van der Waals surface area contributed by atoms with E-state index in [1.165, 1.54) is 0 Å². The molecule has 0 bridgehead atoms. The number of halogens is 1. The van der Waals surface area contributed by atoms with Gasteiger partial charge in [0.05, 0.1) is 5.56 Å². The van der Waals surface area contributed by atoms with E-state index < -0.39 is 5.97 Å². The van der Waals surface area contributed by atoms with Gasteiger partial charge in [-0.2, -0.15) is 0 Å². The lowest BCUT2D eigenvalue weighted by molar-refractivity contribution is 0.0697. The van der Waals surface area contributed by atoms with Crippen LogP contribution in [-0.2, 0) is 0 Å². The highest BCUT2D eigenvalue weighted by atomic mass is 79.9. The molecule has 0 spiro atoms. The molecule has 1 rings (SSSR count). The van der Waals surface area contributed by atoms with Crippen molar-refractivity contribution in [3.8, 4) is 0 Å². The predicted molar refractivity (Wildman–Crippen MR) is 63.8 cm³/mol. The molecule has 0 saturated heterocycles. The fraction of sp³-hybridized carbons (Fsp3) is 0.182. The maximum atomic E-state index is 10.8. The quantitative estimate of drug-likeness (QED) is 0.883. The van der Waals surface area contributed by atoms with Gasteiger partial charge in [0, 0.05) is 4.47 Å². The van der Waals surface area contributed by atoms with Crippen molar-refractivity contribution in [1.82, 2.24) is 0 Å². The Hall–Kier alpha value is -1.13. The van der Waals surface area contributed by atoms with E-state index in [2.05, 4.69) is 15.9 Å². The van der Waals surface area contributed by atoms with Gasteiger partial charge in [-0.05, 0) is 36.7 Å². The first-order valence-corrected chi connectivity index (χ1v) is 5.33. The minimum atomic E-state index is -0.926. The maximum Gasteiger partial charge on any atom is 0.335 e. The van der Waals surface area contributed by atoms with Crippen molar-refractivity contribution in [2.75, 3.05) is 6.54 Å². The van der Waals surface area contributed by atoms with E-state index in [0.29, 0.717) is 6.54 Å². The Kier molecular flexibility index (Phi) is 4.52. The van der Waals surface area contributed by atoms with E-state index in [-0.39, 0.29) is 5.56 Å². The van der Waals surface area contributed by atoms with Crippen molar-refractivity contribution in [2.45, 2.75) is 6.42 Å². The minimum Gasteiger partial charge on any atom is -0.478 e. The topological polar surface area (TPSA) is 63.3 Å². The minimum absolute atomic E-state index is 0.275. The van der Waals surface area contributed by atoms with Crippen LogP contribution >= 0.6 is 15.9 Å². The number of carbonyl (C=O) groups is 1. The molecule has 0 atom stereocenters. The van der Waals surface area contributed by atoms with Crippen LogP contribution in [0.15, 0.2) is 28.7 Å². The molecule has 0 aliphatic heterocycles. The SMILES string of the molecule is NCCC=Cc1cc(Br)cc(C(=O)O)c1. The van der Waals surface area contributed by atoms with Crippen LogP contribution in [0.25, 0.3) is 6.08 Å². The molecule has 3 nitrogen and oxygen atoms in total. The summed E-state index contributed by atoms with van der Waals surface area (Å²) >= 11 is 3.27. The number of carboxylic acid groups (broad SMARTS) is 1. The van der Waals surface area contributed by atoms with Gasteiger partial charge in [-0.3, -0.25) is 0 Å². The molecule has 15 heavy (non-hydrogen) atoms. The Bertz CT molecular complexity index is 388. The normalized spacial score (nSPS) is 10.8. The smallest absolute Gasteiger partial charge is 0.335 e. The van der Waals surface area contributed by atoms with Gasteiger partial charge in [0.25, 0.3) is 0 Å². The van der Waals surface area contributed by atoms with Crippen LogP contribution in [0.1, 0.15) is 22.3 Å². The third-order valence-corrected chi connectivity index (χ3v) is 2.27. The summed E-state index contributed by atoms with van der Waals surface area (Å²) in [5.74, 6) is -0.926. The molecule has 3 N–H and O–H groups in total. The lowest BCUT2D eigenvalue weighted by atomic mass is 10.1. The van der Waals surface area contributed by atoms with Gasteiger partial charge in [-0.25, -0.2) is 4.79 Å². The molecule has 0 aromatic heterocycles. The molecule has 0 radical (unpaired) electrons. The zero-order valence-electron chi connectivity index (χ0n) is 8.11. The van der Waals surface area contributed by atoms with E-state index in [1.54, 1.807) is 12.1 Å². The second-order valence-corrected chi connectivity index (χ2v) is 3.97. The van der Waals surface area contributed by atoms with Gasteiger partial charge in [0.15, 0.2) is 0 Å². The number of benzene rings is 1. The summed E-state index contributed by atoms with van der Waals surface area (Å²) < 4.78 is 0.759. The van der Waals surface area contributed by atoms with E-state index in [4.69, 9.17) is 10.8 Å². The van der Waals surface area contributed by atoms with Crippen molar-refractivity contribution >= 4 is 28.0 Å². The second kappa shape index (κ2) is 5.68. The maximum absolute atomic E-state index is 10.8. The van der Waals surface area contributed by atoms with Crippen molar-refractivity contribution in [2.24, 2.45) is 5.73 Å². The summed E-state index contributed by atoms with van der Waals surface area (Å²) in [6.07, 6.45) is 4.58. The number of carboxylic acids is 1. The first kappa shape index (κ1) is 11.9. The van der Waals surface area contributed by atoms with Gasteiger partial charge in [0.1, 0.15) is 0 Å². The summed E-state index contributed by atoms with van der Waals surface area (Å²) in [5, 5.41) is 8.84. The molecule has 0 aliphatic carbocycles. The Morgan fingerprint density at radius 2 is 2.20 bits per heavy atom. The van der Waals surface area contributed by atoms with Crippen molar-refractivity contribution in [3.05, 3.63) is 39.9 Å². The number of hydrogen-bond donors (Lipinski definition) is 2. The third kappa shape index (κ3) is 3.85. The Labute approximate surface area is 96.7 Å². The van der Waals surface area contributed by atoms with Gasteiger partial charge >= 0.3 is 5.97 Å². The Morgan fingerprint density at radius 1 is 1.47 bits per heavy atom. The lowest BCUT2D eigenvalue weighted by Crippen LogP contribution is -1.97. The molecule has 1 aromatic carbocycles. The van der Waals surface area contributed by atoms with Crippen LogP contribution in [0.5, 0.6) is 0 Å². The number of aromatic carboxylic acids is 1. The largest absolute Gasteiger partial charge is 0.478 e. The Morgan fingerprint density at radius 3 is 2.80 bits per heavy atom. The lowest BCUT2D eigenvalue weighted by Gasteiger charge is -1.99. The molecule has 80 valence electrons. The molecular weight excluding hydrogens is 258 g/mol. The molecule has 0 fully saturated rings. The van der Waals surface area contributed by atoms with Crippen LogP contribution < -0.4 is 5.73 Å². The van der Waals surface area contributed by atoms with Crippen molar-refractivity contribution in [3.63, 3.8) is 0 Å². The zero-order chi connectivity index (χ0) is 11.3. The van der Waals surface area contributed by atoms with Gasteiger partial charge in [-0.1, -0.05) is 28.1 Å². The van der Waals surface area contributed by atoms with Crippen LogP contribution in [0.3, 0.4) is 0 Å². The molecule has 0 amide bonds. The van der Waals surface area contributed by atoms with Crippen LogP contribution in [0, 0.1) is 0 Å². The van der Waals surface area contributed by atoms with E-state index in [0.717, 1.165) is 16.5 Å². The molecule has 0 heterocycles. The predicted octanol–water partition coefficient (Wildman–Crippen LogP) is 2.51. The zero-order valence-corrected chi connectivity index (χ0v) is 9.70. The number of hydrogen-bond acceptors (Lipinski definition) is 2. The first-order valence-electron chi connectivity index (χ1n) is 4.54. The molecular formula is C11H12BrNO2. The average molecular weight is 270 g/mol. The molecule has 1 aromatic rings. The summed E-state index contributed by atoms with van der Waals surface area (Å²) in [6.45, 7) is 0.594.